The minimum atomic E-state index is -2.39. The number of benzene rings is 2. The number of ether oxygens (including phenoxy) is 1. The number of nitrogen functional groups attached to an aromatic ring is 1. The Labute approximate surface area is 260 Å². The van der Waals surface area contributed by atoms with Crippen LogP contribution in [0.4, 0.5) is 29.1 Å². The Kier molecular flexibility index (Phi) is 6.05. The summed E-state index contributed by atoms with van der Waals surface area (Å²) in [6, 6.07) is 3.55. The van der Waals surface area contributed by atoms with E-state index >= 15 is 4.39 Å². The second kappa shape index (κ2) is 10.4. The maximum atomic E-state index is 16.9. The zero-order valence-electron chi connectivity index (χ0n) is 26.4. The Morgan fingerprint density at radius 3 is 2.84 bits per heavy atom. The average Bonchev–Trinajstić information content (AvgIpc) is 3.60. The number of anilines is 2. The molecule has 11 heteroatoms. The molecule has 232 valence electrons. The van der Waals surface area contributed by atoms with Crippen LogP contribution in [-0.4, -0.2) is 63.8 Å². The minimum absolute atomic E-state index is 0.0318. The van der Waals surface area contributed by atoms with Gasteiger partial charge in [0.05, 0.1) is 19.2 Å². The van der Waals surface area contributed by atoms with Crippen molar-refractivity contribution < 1.29 is 25.0 Å². The van der Waals surface area contributed by atoms with E-state index in [0.29, 0.717) is 43.1 Å². The summed E-state index contributed by atoms with van der Waals surface area (Å²) < 4.78 is 84.9. The molecule has 1 saturated carbocycles. The summed E-state index contributed by atoms with van der Waals surface area (Å²) in [5.41, 5.74) is 4.26. The lowest BCUT2D eigenvalue weighted by Gasteiger charge is -2.31. The van der Waals surface area contributed by atoms with Crippen molar-refractivity contribution in [2.45, 2.75) is 62.7 Å². The van der Waals surface area contributed by atoms with E-state index in [1.807, 2.05) is 0 Å². The fraction of sp³-hybridized carbons (Fsp3) is 0.441. The number of nitrogens with two attached hydrogens (primary N) is 1. The van der Waals surface area contributed by atoms with E-state index in [9.17, 15) is 13.2 Å². The molecule has 45 heavy (non-hydrogen) atoms. The largest absolute Gasteiger partial charge is 0.461 e. The van der Waals surface area contributed by atoms with Crippen molar-refractivity contribution >= 4 is 33.2 Å². The van der Waals surface area contributed by atoms with Crippen LogP contribution in [0.3, 0.4) is 0 Å². The summed E-state index contributed by atoms with van der Waals surface area (Å²) in [5, 5.41) is 0.519. The maximum Gasteiger partial charge on any atom is 0.319 e. The number of halogens is 4. The highest BCUT2D eigenvalue weighted by atomic mass is 19.2. The van der Waals surface area contributed by atoms with Gasteiger partial charge in [0, 0.05) is 48.4 Å². The number of hydrogen-bond acceptors (Lipinski definition) is 7. The Hall–Kier alpha value is -4.17. The predicted molar refractivity (Wildman–Crippen MR) is 164 cm³/mol. The van der Waals surface area contributed by atoms with Crippen LogP contribution in [-0.2, 0) is 0 Å². The van der Waals surface area contributed by atoms with Gasteiger partial charge in [-0.3, -0.25) is 9.88 Å². The molecule has 1 aliphatic carbocycles. The topological polar surface area (TPSA) is 80.4 Å². The quantitative estimate of drug-likeness (QED) is 0.163. The Morgan fingerprint density at radius 1 is 1.13 bits per heavy atom. The number of terminal acetylenes is 1. The number of nitrogens with zero attached hydrogens (tertiary/aromatic N) is 5. The standard InChI is InChI=1S/C34H32F4N6O/c1-2-22-27-19(11-25(36)28(22)37)10-21(39)13-23(27)30-29(38)31-24(15-40-30)32(44-9-4-3-6-18-12-26(18)44)42-33(41-31)45-17-34-7-5-8-43(34)16-20(35)14-34/h1,10-11,13,15,18,20,26H,3-9,12,14,16-17,39H2/t18?,20-,26?,34+/m1/s1/i17D2. The van der Waals surface area contributed by atoms with Gasteiger partial charge in [-0.25, -0.2) is 17.6 Å². The molecule has 0 amide bonds. The normalized spacial score (nSPS) is 27.1. The molecule has 5 heterocycles. The molecule has 2 aromatic heterocycles. The Morgan fingerprint density at radius 2 is 2.00 bits per heavy atom. The van der Waals surface area contributed by atoms with Gasteiger partial charge < -0.3 is 15.4 Å². The van der Waals surface area contributed by atoms with Gasteiger partial charge in [0.25, 0.3) is 0 Å². The van der Waals surface area contributed by atoms with Crippen molar-refractivity contribution in [1.29, 1.82) is 0 Å². The smallest absolute Gasteiger partial charge is 0.319 e. The predicted octanol–water partition coefficient (Wildman–Crippen LogP) is 6.16. The lowest BCUT2D eigenvalue weighted by atomic mass is 9.95. The molecule has 0 bridgehead atoms. The molecule has 0 spiro atoms. The molecule has 4 aromatic rings. The molecule has 8 rings (SSSR count). The van der Waals surface area contributed by atoms with Crippen LogP contribution >= 0.6 is 0 Å². The number of rotatable bonds is 5. The van der Waals surface area contributed by atoms with E-state index in [1.165, 1.54) is 18.3 Å². The van der Waals surface area contributed by atoms with E-state index in [1.54, 1.807) is 4.90 Å². The van der Waals surface area contributed by atoms with Crippen LogP contribution < -0.4 is 15.4 Å². The molecule has 2 unspecified atom stereocenters. The van der Waals surface area contributed by atoms with E-state index in [2.05, 4.69) is 25.8 Å². The van der Waals surface area contributed by atoms with Crippen molar-refractivity contribution in [2.24, 2.45) is 5.92 Å². The van der Waals surface area contributed by atoms with Crippen molar-refractivity contribution in [1.82, 2.24) is 19.9 Å². The molecule has 2 aromatic carbocycles. The third-order valence-corrected chi connectivity index (χ3v) is 9.91. The summed E-state index contributed by atoms with van der Waals surface area (Å²) >= 11 is 0. The molecule has 4 atom stereocenters. The third kappa shape index (κ3) is 4.56. The Balaban J connectivity index is 1.32. The second-order valence-corrected chi connectivity index (χ2v) is 12.7. The maximum absolute atomic E-state index is 16.9. The zero-order valence-corrected chi connectivity index (χ0v) is 24.4. The summed E-state index contributed by atoms with van der Waals surface area (Å²) in [6.07, 6.45) is 10.9. The van der Waals surface area contributed by atoms with Crippen LogP contribution in [0.15, 0.2) is 24.4 Å². The van der Waals surface area contributed by atoms with E-state index < -0.39 is 41.3 Å². The minimum Gasteiger partial charge on any atom is -0.461 e. The van der Waals surface area contributed by atoms with Crippen LogP contribution in [0.25, 0.3) is 32.9 Å². The van der Waals surface area contributed by atoms with Crippen molar-refractivity contribution in [3.63, 3.8) is 0 Å². The molecule has 4 aliphatic rings. The lowest BCUT2D eigenvalue weighted by Crippen LogP contribution is -2.43. The van der Waals surface area contributed by atoms with Crippen LogP contribution in [0, 0.1) is 35.7 Å². The van der Waals surface area contributed by atoms with Gasteiger partial charge in [-0.1, -0.05) is 12.3 Å². The van der Waals surface area contributed by atoms with Gasteiger partial charge in [-0.2, -0.15) is 9.97 Å². The molecule has 7 nitrogen and oxygen atoms in total. The van der Waals surface area contributed by atoms with Crippen LogP contribution in [0.5, 0.6) is 6.01 Å². The van der Waals surface area contributed by atoms with Gasteiger partial charge >= 0.3 is 6.01 Å². The molecule has 0 radical (unpaired) electrons. The molecular formula is C34H32F4N6O. The SMILES string of the molecule is [2H]C([2H])(Oc1nc(N2CCCCC3CC32)c2cnc(-c3cc(N)cc4cc(F)c(F)c(C#C)c34)c(F)c2n1)[C@@]12CCCN1C[C@H](F)C2. The molecule has 2 N–H and O–H groups in total. The summed E-state index contributed by atoms with van der Waals surface area (Å²) in [6.45, 7) is -1.08. The number of hydrogen-bond donors (Lipinski definition) is 1. The lowest BCUT2D eigenvalue weighted by molar-refractivity contribution is 0.107. The van der Waals surface area contributed by atoms with Gasteiger partial charge in [0.2, 0.25) is 0 Å². The first-order chi connectivity index (χ1) is 22.5. The molecule has 3 aliphatic heterocycles. The number of pyridine rings is 1. The first-order valence-corrected chi connectivity index (χ1v) is 15.4. The second-order valence-electron chi connectivity index (χ2n) is 12.7. The van der Waals surface area contributed by atoms with Crippen LogP contribution in [0.2, 0.25) is 0 Å². The first kappa shape index (κ1) is 26.1. The van der Waals surface area contributed by atoms with E-state index in [4.69, 9.17) is 19.6 Å². The summed E-state index contributed by atoms with van der Waals surface area (Å²) in [7, 11) is 0. The number of fused-ring (bicyclic) bond motifs is 4. The van der Waals surface area contributed by atoms with Gasteiger partial charge in [-0.15, -0.1) is 6.42 Å². The Bertz CT molecular complexity index is 2010. The van der Waals surface area contributed by atoms with Crippen molar-refractivity contribution in [3.05, 3.63) is 47.4 Å². The van der Waals surface area contributed by atoms with Gasteiger partial charge in [0.1, 0.15) is 29.8 Å². The van der Waals surface area contributed by atoms with Crippen molar-refractivity contribution in [2.75, 3.05) is 36.8 Å². The summed E-state index contributed by atoms with van der Waals surface area (Å²) in [5.74, 6) is -0.304. The fourth-order valence-electron chi connectivity index (χ4n) is 7.75. The van der Waals surface area contributed by atoms with Crippen molar-refractivity contribution in [3.8, 4) is 29.6 Å². The number of alkyl halides is 1. The van der Waals surface area contributed by atoms with E-state index in [-0.39, 0.29) is 58.3 Å². The highest BCUT2D eigenvalue weighted by molar-refractivity contribution is 6.03. The van der Waals surface area contributed by atoms with E-state index in [0.717, 1.165) is 31.7 Å². The first-order valence-electron chi connectivity index (χ1n) is 16.4. The third-order valence-electron chi connectivity index (χ3n) is 9.91. The monoisotopic (exact) mass is 618 g/mol. The van der Waals surface area contributed by atoms with Gasteiger partial charge in [0.15, 0.2) is 17.5 Å². The molecule has 4 fully saturated rings. The van der Waals surface area contributed by atoms with Gasteiger partial charge in [-0.05, 0) is 68.2 Å². The summed E-state index contributed by atoms with van der Waals surface area (Å²) in [4.78, 5) is 17.4. The van der Waals surface area contributed by atoms with Crippen LogP contribution in [0.1, 0.15) is 53.3 Å². The molecule has 3 saturated heterocycles. The fourth-order valence-corrected chi connectivity index (χ4v) is 7.75. The number of aromatic nitrogens is 3. The average molecular weight is 619 g/mol. The highest BCUT2D eigenvalue weighted by Crippen LogP contribution is 2.46. The zero-order chi connectivity index (χ0) is 32.8. The molecular weight excluding hydrogens is 584 g/mol. The highest BCUT2D eigenvalue weighted by Gasteiger charge is 2.49.